The number of carbonyl (C=O) groups excluding carboxylic acids is 2. The van der Waals surface area contributed by atoms with E-state index in [9.17, 15) is 9.59 Å². The Morgan fingerprint density at radius 3 is 2.06 bits per heavy atom. The van der Waals surface area contributed by atoms with Gasteiger partial charge < -0.3 is 15.4 Å². The maximum absolute atomic E-state index is 11.7. The monoisotopic (exact) mass is 258 g/mol. The zero-order chi connectivity index (χ0) is 14.4. The van der Waals surface area contributed by atoms with Gasteiger partial charge in [-0.05, 0) is 41.2 Å². The Labute approximate surface area is 110 Å². The van der Waals surface area contributed by atoms with Crippen LogP contribution in [0.1, 0.15) is 47.0 Å². The van der Waals surface area contributed by atoms with Crippen LogP contribution in [0, 0.1) is 0 Å². The van der Waals surface area contributed by atoms with E-state index in [2.05, 4.69) is 29.2 Å². The average Bonchev–Trinajstić information content (AvgIpc) is 2.23. The number of nitrogens with one attached hydrogen (secondary N) is 2. The molecule has 18 heavy (non-hydrogen) atoms. The van der Waals surface area contributed by atoms with Crippen molar-refractivity contribution in [1.82, 2.24) is 10.6 Å². The summed E-state index contributed by atoms with van der Waals surface area (Å²) >= 11 is 0. The molecule has 0 aliphatic carbocycles. The molecule has 0 atom stereocenters. The Balaban J connectivity index is 4.23. The number of methoxy groups -OCH3 is 1. The topological polar surface area (TPSA) is 67.4 Å². The van der Waals surface area contributed by atoms with Gasteiger partial charge in [-0.15, -0.1) is 0 Å². The Kier molecular flexibility index (Phi) is 6.32. The standard InChI is InChI=1S/C13H26N2O3/c1-12(2,14-5)9-13(3,4)15-10(16)7-8-11(17)18-6/h14H,7-9H2,1-6H3,(H,15,16). The van der Waals surface area contributed by atoms with Crippen molar-refractivity contribution in [2.75, 3.05) is 14.2 Å². The van der Waals surface area contributed by atoms with Gasteiger partial charge >= 0.3 is 5.97 Å². The smallest absolute Gasteiger partial charge is 0.306 e. The number of hydrogen-bond acceptors (Lipinski definition) is 4. The van der Waals surface area contributed by atoms with Crippen LogP contribution in [0.25, 0.3) is 0 Å². The van der Waals surface area contributed by atoms with Gasteiger partial charge in [-0.1, -0.05) is 0 Å². The highest BCUT2D eigenvalue weighted by atomic mass is 16.5. The van der Waals surface area contributed by atoms with Crippen molar-refractivity contribution in [1.29, 1.82) is 0 Å². The Hall–Kier alpha value is -1.10. The molecule has 0 aromatic rings. The van der Waals surface area contributed by atoms with Crippen molar-refractivity contribution in [2.24, 2.45) is 0 Å². The number of rotatable bonds is 7. The maximum atomic E-state index is 11.7. The second-order valence-corrected chi connectivity index (χ2v) is 5.82. The van der Waals surface area contributed by atoms with Crippen molar-refractivity contribution in [3.63, 3.8) is 0 Å². The van der Waals surface area contributed by atoms with Crippen LogP contribution < -0.4 is 10.6 Å². The number of amides is 1. The summed E-state index contributed by atoms with van der Waals surface area (Å²) in [5, 5.41) is 6.14. The minimum Gasteiger partial charge on any atom is -0.469 e. The molecule has 5 nitrogen and oxygen atoms in total. The molecule has 0 saturated carbocycles. The first-order valence-corrected chi connectivity index (χ1v) is 6.18. The lowest BCUT2D eigenvalue weighted by Crippen LogP contribution is -2.51. The normalized spacial score (nSPS) is 12.1. The average molecular weight is 258 g/mol. The van der Waals surface area contributed by atoms with Gasteiger partial charge in [0.05, 0.1) is 13.5 Å². The third-order valence-electron chi connectivity index (χ3n) is 2.82. The molecule has 0 rings (SSSR count). The first-order chi connectivity index (χ1) is 8.12. The minimum atomic E-state index is -0.362. The zero-order valence-electron chi connectivity index (χ0n) is 12.3. The highest BCUT2D eigenvalue weighted by molar-refractivity contribution is 5.81. The molecular weight excluding hydrogens is 232 g/mol. The minimum absolute atomic E-state index is 0.0564. The highest BCUT2D eigenvalue weighted by Crippen LogP contribution is 2.19. The number of hydrogen-bond donors (Lipinski definition) is 2. The summed E-state index contributed by atoms with van der Waals surface area (Å²) in [7, 11) is 3.22. The highest BCUT2D eigenvalue weighted by Gasteiger charge is 2.28. The molecule has 2 N–H and O–H groups in total. The van der Waals surface area contributed by atoms with Gasteiger partial charge in [-0.25, -0.2) is 0 Å². The molecule has 0 unspecified atom stereocenters. The lowest BCUT2D eigenvalue weighted by molar-refractivity contribution is -0.142. The van der Waals surface area contributed by atoms with E-state index in [1.807, 2.05) is 20.9 Å². The number of ether oxygens (including phenoxy) is 1. The van der Waals surface area contributed by atoms with E-state index in [4.69, 9.17) is 0 Å². The van der Waals surface area contributed by atoms with Gasteiger partial charge in [0, 0.05) is 17.5 Å². The van der Waals surface area contributed by atoms with Gasteiger partial charge in [-0.2, -0.15) is 0 Å². The molecule has 5 heteroatoms. The fourth-order valence-electron chi connectivity index (χ4n) is 2.00. The summed E-state index contributed by atoms with van der Waals surface area (Å²) in [4.78, 5) is 22.7. The van der Waals surface area contributed by atoms with Crippen molar-refractivity contribution < 1.29 is 14.3 Å². The molecule has 0 heterocycles. The summed E-state index contributed by atoms with van der Waals surface area (Å²) in [6.07, 6.45) is 1.07. The van der Waals surface area contributed by atoms with Crippen molar-refractivity contribution in [3.05, 3.63) is 0 Å². The predicted octanol–water partition coefficient (Wildman–Crippen LogP) is 1.22. The van der Waals surface area contributed by atoms with E-state index < -0.39 is 0 Å². The maximum Gasteiger partial charge on any atom is 0.306 e. The second kappa shape index (κ2) is 6.73. The summed E-state index contributed by atoms with van der Waals surface area (Å²) in [6.45, 7) is 8.11. The molecule has 1 amide bonds. The molecule has 0 aliphatic rings. The van der Waals surface area contributed by atoms with Crippen molar-refractivity contribution in [2.45, 2.75) is 58.0 Å². The van der Waals surface area contributed by atoms with Gasteiger partial charge in [0.25, 0.3) is 0 Å². The Morgan fingerprint density at radius 1 is 1.06 bits per heavy atom. The molecule has 0 radical (unpaired) electrons. The van der Waals surface area contributed by atoms with Crippen LogP contribution >= 0.6 is 0 Å². The number of carbonyl (C=O) groups is 2. The summed E-state index contributed by atoms with van der Waals surface area (Å²) < 4.78 is 4.50. The quantitative estimate of drug-likeness (QED) is 0.674. The predicted molar refractivity (Wildman–Crippen MR) is 71.2 cm³/mol. The molecule has 0 aromatic carbocycles. The zero-order valence-corrected chi connectivity index (χ0v) is 12.3. The fraction of sp³-hybridized carbons (Fsp3) is 0.846. The van der Waals surface area contributed by atoms with Crippen LogP contribution in [0.15, 0.2) is 0 Å². The van der Waals surface area contributed by atoms with Crippen LogP contribution in [0.4, 0.5) is 0 Å². The third kappa shape index (κ3) is 7.27. The van der Waals surface area contributed by atoms with Crippen LogP contribution in [0.5, 0.6) is 0 Å². The van der Waals surface area contributed by atoms with E-state index in [0.29, 0.717) is 0 Å². The van der Waals surface area contributed by atoms with E-state index in [0.717, 1.165) is 6.42 Å². The lowest BCUT2D eigenvalue weighted by Gasteiger charge is -2.35. The fourth-order valence-corrected chi connectivity index (χ4v) is 2.00. The first kappa shape index (κ1) is 16.9. The molecular formula is C13H26N2O3. The van der Waals surface area contributed by atoms with Crippen LogP contribution in [-0.4, -0.2) is 37.1 Å². The van der Waals surface area contributed by atoms with Crippen LogP contribution in [0.2, 0.25) is 0 Å². The van der Waals surface area contributed by atoms with E-state index >= 15 is 0 Å². The lowest BCUT2D eigenvalue weighted by atomic mass is 9.87. The van der Waals surface area contributed by atoms with E-state index in [-0.39, 0.29) is 35.8 Å². The van der Waals surface area contributed by atoms with Gasteiger partial charge in [0.2, 0.25) is 5.91 Å². The molecule has 0 bridgehead atoms. The van der Waals surface area contributed by atoms with E-state index in [1.165, 1.54) is 7.11 Å². The van der Waals surface area contributed by atoms with Gasteiger partial charge in [0.1, 0.15) is 0 Å². The number of esters is 1. The Bertz CT molecular complexity index is 299. The van der Waals surface area contributed by atoms with E-state index in [1.54, 1.807) is 0 Å². The summed E-state index contributed by atoms with van der Waals surface area (Å²) in [5.41, 5.74) is -0.376. The Morgan fingerprint density at radius 2 is 1.61 bits per heavy atom. The van der Waals surface area contributed by atoms with Gasteiger partial charge in [0.15, 0.2) is 0 Å². The molecule has 0 saturated heterocycles. The largest absolute Gasteiger partial charge is 0.469 e. The molecule has 0 fully saturated rings. The molecule has 0 aromatic heterocycles. The van der Waals surface area contributed by atoms with Crippen LogP contribution in [0.3, 0.4) is 0 Å². The first-order valence-electron chi connectivity index (χ1n) is 6.18. The van der Waals surface area contributed by atoms with Crippen molar-refractivity contribution >= 4 is 11.9 Å². The van der Waals surface area contributed by atoms with Crippen molar-refractivity contribution in [3.8, 4) is 0 Å². The van der Waals surface area contributed by atoms with Crippen LogP contribution in [-0.2, 0) is 14.3 Å². The second-order valence-electron chi connectivity index (χ2n) is 5.82. The SMILES string of the molecule is CNC(C)(C)CC(C)(C)NC(=O)CCC(=O)OC. The third-order valence-corrected chi connectivity index (χ3v) is 2.82. The molecule has 106 valence electrons. The summed E-state index contributed by atoms with van der Waals surface area (Å²) in [5.74, 6) is -0.490. The molecule has 0 spiro atoms. The van der Waals surface area contributed by atoms with Gasteiger partial charge in [-0.3, -0.25) is 9.59 Å². The molecule has 0 aliphatic heterocycles. The summed E-state index contributed by atoms with van der Waals surface area (Å²) in [6, 6.07) is 0.